The first-order chi connectivity index (χ1) is 15.6. The van der Waals surface area contributed by atoms with Crippen molar-refractivity contribution in [2.24, 2.45) is 0 Å². The van der Waals surface area contributed by atoms with E-state index in [1.807, 2.05) is 42.7 Å². The highest BCUT2D eigenvalue weighted by Gasteiger charge is 2.16. The van der Waals surface area contributed by atoms with E-state index in [0.717, 1.165) is 27.9 Å². The number of hydrogen-bond acceptors (Lipinski definition) is 7. The average Bonchev–Trinajstić information content (AvgIpc) is 3.24. The Kier molecular flexibility index (Phi) is 6.02. The third-order valence-corrected chi connectivity index (χ3v) is 5.27. The quantitative estimate of drug-likeness (QED) is 0.411. The molecular weight excluding hydrogens is 410 g/mol. The summed E-state index contributed by atoms with van der Waals surface area (Å²) in [5.41, 5.74) is 4.44. The molecule has 32 heavy (non-hydrogen) atoms. The van der Waals surface area contributed by atoms with Crippen LogP contribution in [0.3, 0.4) is 0 Å². The lowest BCUT2D eigenvalue weighted by Crippen LogP contribution is -2.00. The summed E-state index contributed by atoms with van der Waals surface area (Å²) in [4.78, 5) is 9.09. The molecule has 0 aliphatic carbocycles. The second-order valence-electron chi connectivity index (χ2n) is 7.03. The van der Waals surface area contributed by atoms with Crippen LogP contribution in [0.15, 0.2) is 48.9 Å². The molecule has 4 rings (SSSR count). The van der Waals surface area contributed by atoms with Gasteiger partial charge < -0.3 is 28.3 Å². The highest BCUT2D eigenvalue weighted by Crippen LogP contribution is 2.41. The van der Waals surface area contributed by atoms with Crippen LogP contribution in [-0.2, 0) is 6.54 Å². The van der Waals surface area contributed by atoms with Crippen molar-refractivity contribution in [3.8, 4) is 40.0 Å². The van der Waals surface area contributed by atoms with Crippen molar-refractivity contribution < 1.29 is 23.7 Å². The number of methoxy groups -OCH3 is 5. The molecule has 0 saturated heterocycles. The summed E-state index contributed by atoms with van der Waals surface area (Å²) in [5, 5.41) is 0. The topological polar surface area (TPSA) is 76.9 Å². The van der Waals surface area contributed by atoms with Gasteiger partial charge in [0.05, 0.1) is 59.3 Å². The minimum Gasteiger partial charge on any atom is -0.493 e. The van der Waals surface area contributed by atoms with Crippen LogP contribution in [0, 0.1) is 0 Å². The van der Waals surface area contributed by atoms with E-state index in [9.17, 15) is 0 Å². The minimum absolute atomic E-state index is 0.540. The molecule has 2 heterocycles. The maximum absolute atomic E-state index is 5.48. The van der Waals surface area contributed by atoms with Gasteiger partial charge in [-0.2, -0.15) is 0 Å². The van der Waals surface area contributed by atoms with Crippen molar-refractivity contribution in [1.29, 1.82) is 0 Å². The summed E-state index contributed by atoms with van der Waals surface area (Å²) in [6, 6.07) is 11.6. The number of ether oxygens (including phenoxy) is 5. The summed E-state index contributed by atoms with van der Waals surface area (Å²) in [5.74, 6) is 3.07. The number of benzene rings is 2. The van der Waals surface area contributed by atoms with Gasteiger partial charge in [0.25, 0.3) is 0 Å². The van der Waals surface area contributed by atoms with Crippen molar-refractivity contribution in [3.05, 3.63) is 54.5 Å². The van der Waals surface area contributed by atoms with Gasteiger partial charge in [-0.1, -0.05) is 6.07 Å². The summed E-state index contributed by atoms with van der Waals surface area (Å²) in [6.07, 6.45) is 3.57. The van der Waals surface area contributed by atoms with Crippen LogP contribution in [0.5, 0.6) is 28.7 Å². The molecule has 0 atom stereocenters. The van der Waals surface area contributed by atoms with Gasteiger partial charge in [-0.05, 0) is 35.9 Å². The van der Waals surface area contributed by atoms with E-state index in [1.165, 1.54) is 0 Å². The van der Waals surface area contributed by atoms with Gasteiger partial charge in [-0.25, -0.2) is 4.98 Å². The van der Waals surface area contributed by atoms with E-state index >= 15 is 0 Å². The Morgan fingerprint density at radius 2 is 1.41 bits per heavy atom. The lowest BCUT2D eigenvalue weighted by atomic mass is 10.1. The number of fused-ring (bicyclic) bond motifs is 1. The Labute approximate surface area is 186 Å². The van der Waals surface area contributed by atoms with E-state index < -0.39 is 0 Å². The summed E-state index contributed by atoms with van der Waals surface area (Å²) < 4.78 is 29.2. The molecule has 8 nitrogen and oxygen atoms in total. The molecule has 0 aliphatic rings. The van der Waals surface area contributed by atoms with Crippen LogP contribution >= 0.6 is 0 Å². The molecule has 0 spiro atoms. The van der Waals surface area contributed by atoms with Gasteiger partial charge >= 0.3 is 0 Å². The summed E-state index contributed by atoms with van der Waals surface area (Å²) >= 11 is 0. The molecule has 0 radical (unpaired) electrons. The number of pyridine rings is 1. The summed E-state index contributed by atoms with van der Waals surface area (Å²) in [7, 11) is 8.02. The first kappa shape index (κ1) is 21.3. The van der Waals surface area contributed by atoms with Crippen LogP contribution in [-0.4, -0.2) is 50.1 Å². The van der Waals surface area contributed by atoms with Gasteiger partial charge in [0.2, 0.25) is 5.75 Å². The Bertz CT molecular complexity index is 1230. The largest absolute Gasteiger partial charge is 0.493 e. The molecule has 0 aliphatic heterocycles. The molecule has 0 amide bonds. The zero-order valence-electron chi connectivity index (χ0n) is 18.7. The predicted octanol–water partition coefficient (Wildman–Crippen LogP) is 4.19. The first-order valence-electron chi connectivity index (χ1n) is 9.94. The second kappa shape index (κ2) is 9.05. The van der Waals surface area contributed by atoms with Crippen molar-refractivity contribution in [2.45, 2.75) is 6.54 Å². The third-order valence-electron chi connectivity index (χ3n) is 5.27. The fourth-order valence-corrected chi connectivity index (χ4v) is 3.65. The van der Waals surface area contributed by atoms with E-state index in [2.05, 4.69) is 14.5 Å². The Morgan fingerprint density at radius 3 is 2.03 bits per heavy atom. The molecular formula is C24H25N3O5. The van der Waals surface area contributed by atoms with Crippen molar-refractivity contribution in [2.75, 3.05) is 35.5 Å². The number of nitrogens with zero attached hydrogens (tertiary/aromatic N) is 3. The smallest absolute Gasteiger partial charge is 0.203 e. The number of imidazole rings is 1. The molecule has 2 aromatic heterocycles. The van der Waals surface area contributed by atoms with Crippen LogP contribution in [0.25, 0.3) is 22.3 Å². The molecule has 166 valence electrons. The Balaban J connectivity index is 1.74. The lowest BCUT2D eigenvalue weighted by Gasteiger charge is -2.14. The van der Waals surface area contributed by atoms with Gasteiger partial charge in [0, 0.05) is 12.1 Å². The van der Waals surface area contributed by atoms with Crippen LogP contribution in [0.4, 0.5) is 0 Å². The van der Waals surface area contributed by atoms with Gasteiger partial charge in [0.1, 0.15) is 5.52 Å². The third kappa shape index (κ3) is 3.87. The standard InChI is InChI=1S/C24H25N3O5/c1-28-20-7-6-15(8-21(20)29-2)13-27-14-26-18-12-25-17(11-19(18)27)16-9-22(30-3)24(32-5)23(10-16)31-4/h6-12,14H,13H2,1-5H3. The highest BCUT2D eigenvalue weighted by atomic mass is 16.5. The maximum atomic E-state index is 5.48. The minimum atomic E-state index is 0.540. The SMILES string of the molecule is COc1ccc(Cn2cnc3cnc(-c4cc(OC)c(OC)c(OC)c4)cc32)cc1OC. The average molecular weight is 435 g/mol. The van der Waals surface area contributed by atoms with E-state index in [-0.39, 0.29) is 0 Å². The number of aromatic nitrogens is 3. The maximum Gasteiger partial charge on any atom is 0.203 e. The molecule has 0 N–H and O–H groups in total. The Morgan fingerprint density at radius 1 is 0.719 bits per heavy atom. The fraction of sp³-hybridized carbons (Fsp3) is 0.250. The van der Waals surface area contributed by atoms with Gasteiger partial charge in [-0.3, -0.25) is 4.98 Å². The van der Waals surface area contributed by atoms with Crippen molar-refractivity contribution in [3.63, 3.8) is 0 Å². The monoisotopic (exact) mass is 435 g/mol. The zero-order chi connectivity index (χ0) is 22.7. The lowest BCUT2D eigenvalue weighted by molar-refractivity contribution is 0.324. The second-order valence-corrected chi connectivity index (χ2v) is 7.03. The molecule has 2 aromatic carbocycles. The highest BCUT2D eigenvalue weighted by molar-refractivity contribution is 5.80. The van der Waals surface area contributed by atoms with Crippen molar-refractivity contribution in [1.82, 2.24) is 14.5 Å². The van der Waals surface area contributed by atoms with Crippen LogP contribution < -0.4 is 23.7 Å². The zero-order valence-corrected chi connectivity index (χ0v) is 18.7. The number of hydrogen-bond donors (Lipinski definition) is 0. The fourth-order valence-electron chi connectivity index (χ4n) is 3.65. The molecule has 0 unspecified atom stereocenters. The Hall–Kier alpha value is -3.94. The number of rotatable bonds is 8. The van der Waals surface area contributed by atoms with Crippen LogP contribution in [0.1, 0.15) is 5.56 Å². The molecule has 0 saturated carbocycles. The van der Waals surface area contributed by atoms with Crippen LogP contribution in [0.2, 0.25) is 0 Å². The first-order valence-corrected chi connectivity index (χ1v) is 9.94. The molecule has 0 bridgehead atoms. The van der Waals surface area contributed by atoms with E-state index in [4.69, 9.17) is 23.7 Å². The molecule has 0 fully saturated rings. The van der Waals surface area contributed by atoms with E-state index in [1.54, 1.807) is 41.7 Å². The predicted molar refractivity (Wildman–Crippen MR) is 121 cm³/mol. The normalized spacial score (nSPS) is 10.8. The van der Waals surface area contributed by atoms with Gasteiger partial charge in [-0.15, -0.1) is 0 Å². The van der Waals surface area contributed by atoms with Crippen molar-refractivity contribution >= 4 is 11.0 Å². The molecule has 8 heteroatoms. The molecule has 4 aromatic rings. The van der Waals surface area contributed by atoms with Gasteiger partial charge in [0.15, 0.2) is 23.0 Å². The van der Waals surface area contributed by atoms with E-state index in [0.29, 0.717) is 35.3 Å². The summed E-state index contributed by atoms with van der Waals surface area (Å²) in [6.45, 7) is 0.621.